The monoisotopic (exact) mass is 419 g/mol. The molecule has 0 saturated carbocycles. The van der Waals surface area contributed by atoms with Gasteiger partial charge < -0.3 is 10.2 Å². The van der Waals surface area contributed by atoms with Crippen LogP contribution in [0.3, 0.4) is 0 Å². The van der Waals surface area contributed by atoms with E-state index >= 15 is 0 Å². The number of hydrogen-bond donors (Lipinski definition) is 1. The molecule has 0 aliphatic carbocycles. The predicted octanol–water partition coefficient (Wildman–Crippen LogP) is 2.72. The summed E-state index contributed by atoms with van der Waals surface area (Å²) in [6.07, 6.45) is 1.51. The average Bonchev–Trinajstić information content (AvgIpc) is 2.70. The van der Waals surface area contributed by atoms with Crippen molar-refractivity contribution in [3.63, 3.8) is 0 Å². The second kappa shape index (κ2) is 9.02. The molecule has 0 aromatic heterocycles. The molecule has 0 atom stereocenters. The molecule has 1 N–H and O–H groups in total. The van der Waals surface area contributed by atoms with Gasteiger partial charge in [-0.3, -0.25) is 4.79 Å². The summed E-state index contributed by atoms with van der Waals surface area (Å²) in [4.78, 5) is 14.5. The van der Waals surface area contributed by atoms with Crippen molar-refractivity contribution in [2.24, 2.45) is 0 Å². The van der Waals surface area contributed by atoms with E-state index in [1.54, 1.807) is 37.4 Å². The molecule has 3 rings (SSSR count). The minimum Gasteiger partial charge on any atom is -0.326 e. The van der Waals surface area contributed by atoms with E-state index in [0.29, 0.717) is 11.3 Å². The molecule has 1 aliphatic heterocycles. The van der Waals surface area contributed by atoms with Gasteiger partial charge in [0.05, 0.1) is 11.3 Å². The average molecular weight is 420 g/mol. The van der Waals surface area contributed by atoms with Crippen molar-refractivity contribution in [3.05, 3.63) is 59.9 Å². The van der Waals surface area contributed by atoms with Crippen molar-refractivity contribution in [1.29, 1.82) is 0 Å². The Hall–Kier alpha value is -2.29. The first kappa shape index (κ1) is 21.4. The third kappa shape index (κ3) is 5.20. The van der Waals surface area contributed by atoms with E-state index in [1.165, 1.54) is 22.5 Å². The quantitative estimate of drug-likeness (QED) is 0.782. The minimum atomic E-state index is -3.60. The van der Waals surface area contributed by atoms with Gasteiger partial charge >= 0.3 is 0 Å². The van der Waals surface area contributed by atoms with Gasteiger partial charge in [-0.05, 0) is 68.9 Å². The van der Waals surface area contributed by atoms with Crippen LogP contribution in [0, 0.1) is 5.82 Å². The Morgan fingerprint density at radius 2 is 1.76 bits per heavy atom. The Morgan fingerprint density at radius 3 is 2.38 bits per heavy atom. The maximum Gasteiger partial charge on any atom is 0.243 e. The van der Waals surface area contributed by atoms with E-state index in [0.717, 1.165) is 25.9 Å². The lowest BCUT2D eigenvalue weighted by Crippen LogP contribution is -2.44. The highest BCUT2D eigenvalue weighted by Gasteiger charge is 2.30. The number of amides is 1. The van der Waals surface area contributed by atoms with Crippen LogP contribution < -0.4 is 5.32 Å². The van der Waals surface area contributed by atoms with Crippen LogP contribution in [0.2, 0.25) is 0 Å². The molecular formula is C21H26FN3O3S. The molecule has 0 bridgehead atoms. The van der Waals surface area contributed by atoms with Crippen LogP contribution in [-0.2, 0) is 21.2 Å². The van der Waals surface area contributed by atoms with Crippen molar-refractivity contribution >= 4 is 21.6 Å². The Kier molecular flexibility index (Phi) is 6.66. The van der Waals surface area contributed by atoms with E-state index in [1.807, 2.05) is 7.05 Å². The number of nitrogens with one attached hydrogen (secondary N) is 1. The predicted molar refractivity (Wildman–Crippen MR) is 111 cm³/mol. The lowest BCUT2D eigenvalue weighted by molar-refractivity contribution is -0.115. The first-order valence-corrected chi connectivity index (χ1v) is 11.0. The van der Waals surface area contributed by atoms with Crippen molar-refractivity contribution in [1.82, 2.24) is 9.21 Å². The lowest BCUT2D eigenvalue weighted by Gasteiger charge is -2.34. The second-order valence-corrected chi connectivity index (χ2v) is 9.39. The fourth-order valence-corrected chi connectivity index (χ4v) is 4.87. The zero-order chi connectivity index (χ0) is 21.0. The number of carbonyl (C=O) groups excluding carboxylic acids is 1. The summed E-state index contributed by atoms with van der Waals surface area (Å²) in [5.41, 5.74) is 0.774. The van der Waals surface area contributed by atoms with Gasteiger partial charge in [0.25, 0.3) is 0 Å². The first-order chi connectivity index (χ1) is 13.8. The van der Waals surface area contributed by atoms with Crippen molar-refractivity contribution < 1.29 is 17.6 Å². The Balaban J connectivity index is 1.64. The number of likely N-dealkylation sites (tertiary alicyclic amines) is 1. The molecule has 29 heavy (non-hydrogen) atoms. The molecule has 0 unspecified atom stereocenters. The molecule has 1 heterocycles. The Bertz CT molecular complexity index is 955. The third-order valence-corrected chi connectivity index (χ3v) is 7.25. The van der Waals surface area contributed by atoms with Gasteiger partial charge in [0.1, 0.15) is 5.82 Å². The highest BCUT2D eigenvalue weighted by atomic mass is 32.2. The van der Waals surface area contributed by atoms with Crippen LogP contribution in [0.25, 0.3) is 0 Å². The van der Waals surface area contributed by atoms with Crippen LogP contribution in [0.1, 0.15) is 18.4 Å². The van der Waals surface area contributed by atoms with Gasteiger partial charge in [-0.1, -0.05) is 18.2 Å². The summed E-state index contributed by atoms with van der Waals surface area (Å²) in [7, 11) is 0.0492. The zero-order valence-electron chi connectivity index (χ0n) is 16.6. The molecule has 2 aromatic carbocycles. The maximum atomic E-state index is 13.7. The van der Waals surface area contributed by atoms with Gasteiger partial charge in [0.2, 0.25) is 15.9 Å². The second-order valence-electron chi connectivity index (χ2n) is 7.40. The number of nitrogens with zero attached hydrogens (tertiary/aromatic N) is 2. The normalized spacial score (nSPS) is 16.1. The summed E-state index contributed by atoms with van der Waals surface area (Å²) in [6, 6.07) is 12.2. The highest BCUT2D eigenvalue weighted by molar-refractivity contribution is 7.89. The Morgan fingerprint density at radius 1 is 1.14 bits per heavy atom. The fourth-order valence-electron chi connectivity index (χ4n) is 3.45. The van der Waals surface area contributed by atoms with Gasteiger partial charge in [-0.15, -0.1) is 0 Å². The first-order valence-electron chi connectivity index (χ1n) is 9.57. The number of carbonyl (C=O) groups is 1. The van der Waals surface area contributed by atoms with Crippen LogP contribution >= 0.6 is 0 Å². The number of piperidine rings is 1. The summed E-state index contributed by atoms with van der Waals surface area (Å²) in [5, 5.41) is 2.67. The third-order valence-electron chi connectivity index (χ3n) is 5.33. The summed E-state index contributed by atoms with van der Waals surface area (Å²) >= 11 is 0. The molecular weight excluding hydrogens is 393 g/mol. The van der Waals surface area contributed by atoms with Crippen LogP contribution in [0.4, 0.5) is 10.1 Å². The number of rotatable bonds is 6. The molecule has 8 heteroatoms. The lowest BCUT2D eigenvalue weighted by atomic mass is 10.1. The molecule has 2 aromatic rings. The minimum absolute atomic E-state index is 0.0173. The molecule has 1 fully saturated rings. The highest BCUT2D eigenvalue weighted by Crippen LogP contribution is 2.23. The summed E-state index contributed by atoms with van der Waals surface area (Å²) in [5.74, 6) is -0.796. The number of benzene rings is 2. The van der Waals surface area contributed by atoms with Gasteiger partial charge in [-0.25, -0.2) is 12.8 Å². The van der Waals surface area contributed by atoms with Gasteiger partial charge in [0.15, 0.2) is 0 Å². The van der Waals surface area contributed by atoms with Crippen LogP contribution in [0.5, 0.6) is 0 Å². The van der Waals surface area contributed by atoms with E-state index in [-0.39, 0.29) is 23.3 Å². The smallest absolute Gasteiger partial charge is 0.243 e. The number of hydrogen-bond acceptors (Lipinski definition) is 4. The maximum absolute atomic E-state index is 13.7. The largest absolute Gasteiger partial charge is 0.326 e. The standard InChI is InChI=1S/C21H26FN3O3S/c1-24-13-11-18(12-14-24)25(2)29(27,28)19-9-7-17(8-10-19)23-21(26)15-16-5-3-4-6-20(16)22/h3-10,18H,11-15H2,1-2H3,(H,23,26). The molecule has 0 spiro atoms. The SMILES string of the molecule is CN1CCC(N(C)S(=O)(=O)c2ccc(NC(=O)Cc3ccccc3F)cc2)CC1. The zero-order valence-corrected chi connectivity index (χ0v) is 17.5. The van der Waals surface area contributed by atoms with Crippen LogP contribution in [0.15, 0.2) is 53.4 Å². The molecule has 0 radical (unpaired) electrons. The number of sulfonamides is 1. The Labute approximate surface area is 171 Å². The van der Waals surface area contributed by atoms with E-state index in [2.05, 4.69) is 10.2 Å². The van der Waals surface area contributed by atoms with E-state index in [9.17, 15) is 17.6 Å². The summed E-state index contributed by atoms with van der Waals surface area (Å²) in [6.45, 7) is 1.75. The number of anilines is 1. The van der Waals surface area contributed by atoms with Gasteiger partial charge in [0, 0.05) is 18.8 Å². The fraction of sp³-hybridized carbons (Fsp3) is 0.381. The van der Waals surface area contributed by atoms with E-state index in [4.69, 9.17) is 0 Å². The number of halogens is 1. The van der Waals surface area contributed by atoms with Crippen molar-refractivity contribution in [3.8, 4) is 0 Å². The van der Waals surface area contributed by atoms with E-state index < -0.39 is 15.8 Å². The topological polar surface area (TPSA) is 69.7 Å². The molecule has 1 aliphatic rings. The van der Waals surface area contributed by atoms with Crippen LogP contribution in [-0.4, -0.2) is 56.8 Å². The summed E-state index contributed by atoms with van der Waals surface area (Å²) < 4.78 is 40.9. The van der Waals surface area contributed by atoms with Crippen molar-refractivity contribution in [2.45, 2.75) is 30.2 Å². The molecule has 1 amide bonds. The molecule has 6 nitrogen and oxygen atoms in total. The molecule has 156 valence electrons. The van der Waals surface area contributed by atoms with Gasteiger partial charge in [-0.2, -0.15) is 4.31 Å². The molecule has 1 saturated heterocycles. The van der Waals surface area contributed by atoms with Crippen molar-refractivity contribution in [2.75, 3.05) is 32.5 Å².